The van der Waals surface area contributed by atoms with Gasteiger partial charge in [-0.15, -0.1) is 10.2 Å². The Kier molecular flexibility index (Phi) is 6.52. The van der Waals surface area contributed by atoms with Crippen LogP contribution in [0.5, 0.6) is 0 Å². The maximum atomic E-state index is 12.4. The Morgan fingerprint density at radius 1 is 1.00 bits per heavy atom. The molecular formula is C24H24N4O2S. The summed E-state index contributed by atoms with van der Waals surface area (Å²) in [4.78, 5) is 12.4. The average molecular weight is 433 g/mol. The molecule has 0 saturated carbocycles. The van der Waals surface area contributed by atoms with Gasteiger partial charge < -0.3 is 9.73 Å². The summed E-state index contributed by atoms with van der Waals surface area (Å²) in [7, 11) is 0. The van der Waals surface area contributed by atoms with E-state index in [0.717, 1.165) is 28.3 Å². The van der Waals surface area contributed by atoms with Crippen LogP contribution in [0.15, 0.2) is 76.5 Å². The highest BCUT2D eigenvalue weighted by Crippen LogP contribution is 2.28. The van der Waals surface area contributed by atoms with E-state index in [0.29, 0.717) is 18.2 Å². The monoisotopic (exact) mass is 432 g/mol. The van der Waals surface area contributed by atoms with E-state index in [-0.39, 0.29) is 11.7 Å². The van der Waals surface area contributed by atoms with Gasteiger partial charge in [-0.1, -0.05) is 71.9 Å². The van der Waals surface area contributed by atoms with Crippen molar-refractivity contribution in [2.45, 2.75) is 32.1 Å². The summed E-state index contributed by atoms with van der Waals surface area (Å²) >= 11 is 1.38. The average Bonchev–Trinajstić information content (AvgIpc) is 3.38. The normalized spacial score (nSPS) is 10.9. The summed E-state index contributed by atoms with van der Waals surface area (Å²) in [5, 5.41) is 12.4. The van der Waals surface area contributed by atoms with E-state index >= 15 is 0 Å². The van der Waals surface area contributed by atoms with E-state index in [9.17, 15) is 4.79 Å². The number of hydrogen-bond donors (Lipinski definition) is 1. The molecule has 4 aromatic rings. The molecule has 2 aromatic carbocycles. The van der Waals surface area contributed by atoms with Crippen LogP contribution in [-0.2, 0) is 17.9 Å². The molecule has 0 aliphatic rings. The molecule has 31 heavy (non-hydrogen) atoms. The van der Waals surface area contributed by atoms with Crippen molar-refractivity contribution in [1.82, 2.24) is 20.1 Å². The Balaban J connectivity index is 1.47. The number of aryl methyl sites for hydroxylation is 2. The zero-order valence-corrected chi connectivity index (χ0v) is 18.4. The topological polar surface area (TPSA) is 73.0 Å². The van der Waals surface area contributed by atoms with Gasteiger partial charge >= 0.3 is 0 Å². The van der Waals surface area contributed by atoms with Gasteiger partial charge in [-0.25, -0.2) is 0 Å². The third-order valence-electron chi connectivity index (χ3n) is 4.94. The molecule has 4 rings (SSSR count). The fourth-order valence-corrected chi connectivity index (χ4v) is 3.98. The molecule has 0 bridgehead atoms. The maximum absolute atomic E-state index is 12.4. The molecule has 0 spiro atoms. The van der Waals surface area contributed by atoms with Crippen molar-refractivity contribution >= 4 is 17.7 Å². The van der Waals surface area contributed by atoms with Crippen molar-refractivity contribution < 1.29 is 9.21 Å². The zero-order chi connectivity index (χ0) is 21.6. The van der Waals surface area contributed by atoms with Crippen LogP contribution in [0.25, 0.3) is 11.4 Å². The summed E-state index contributed by atoms with van der Waals surface area (Å²) in [5.41, 5.74) is 4.32. The standard InChI is InChI=1S/C24H24N4O2S/c1-17-8-10-19(11-9-17)14-25-22(29)16-31-24-27-26-23(21-12-13-30-18(21)2)28(24)15-20-6-4-3-5-7-20/h3-13H,14-16H2,1-2H3,(H,25,29). The number of amides is 1. The summed E-state index contributed by atoms with van der Waals surface area (Å²) in [6.07, 6.45) is 1.65. The number of carbonyl (C=O) groups is 1. The van der Waals surface area contributed by atoms with Gasteiger partial charge in [0.25, 0.3) is 0 Å². The molecule has 2 aromatic heterocycles. The van der Waals surface area contributed by atoms with E-state index in [1.54, 1.807) is 6.26 Å². The first kappa shape index (κ1) is 20.9. The highest BCUT2D eigenvalue weighted by Gasteiger charge is 2.18. The molecule has 6 nitrogen and oxygen atoms in total. The molecule has 158 valence electrons. The van der Waals surface area contributed by atoms with Crippen LogP contribution in [0.1, 0.15) is 22.5 Å². The number of hydrogen-bond acceptors (Lipinski definition) is 5. The third kappa shape index (κ3) is 5.24. The fourth-order valence-electron chi connectivity index (χ4n) is 3.21. The molecule has 0 unspecified atom stereocenters. The molecule has 2 heterocycles. The minimum Gasteiger partial charge on any atom is -0.469 e. The van der Waals surface area contributed by atoms with Crippen molar-refractivity contribution in [2.24, 2.45) is 0 Å². The molecule has 1 N–H and O–H groups in total. The lowest BCUT2D eigenvalue weighted by atomic mass is 10.1. The quantitative estimate of drug-likeness (QED) is 0.412. The first-order chi connectivity index (χ1) is 15.1. The number of thioether (sulfide) groups is 1. The van der Waals surface area contributed by atoms with Gasteiger partial charge in [0.15, 0.2) is 11.0 Å². The van der Waals surface area contributed by atoms with Gasteiger partial charge in [0.1, 0.15) is 5.76 Å². The lowest BCUT2D eigenvalue weighted by Crippen LogP contribution is -2.24. The molecule has 1 amide bonds. The predicted octanol–water partition coefficient (Wildman–Crippen LogP) is 4.61. The summed E-state index contributed by atoms with van der Waals surface area (Å²) in [5.74, 6) is 1.75. The van der Waals surface area contributed by atoms with Crippen molar-refractivity contribution in [2.75, 3.05) is 5.75 Å². The molecule has 0 fully saturated rings. The van der Waals surface area contributed by atoms with Crippen LogP contribution < -0.4 is 5.32 Å². The zero-order valence-electron chi connectivity index (χ0n) is 17.5. The highest BCUT2D eigenvalue weighted by atomic mass is 32.2. The van der Waals surface area contributed by atoms with E-state index in [2.05, 4.69) is 27.6 Å². The van der Waals surface area contributed by atoms with Gasteiger partial charge in [0.2, 0.25) is 5.91 Å². The van der Waals surface area contributed by atoms with Crippen molar-refractivity contribution in [3.63, 3.8) is 0 Å². The summed E-state index contributed by atoms with van der Waals surface area (Å²) in [6, 6.07) is 20.2. The number of furan rings is 1. The van der Waals surface area contributed by atoms with Crippen molar-refractivity contribution in [3.8, 4) is 11.4 Å². The summed E-state index contributed by atoms with van der Waals surface area (Å²) in [6.45, 7) is 5.07. The smallest absolute Gasteiger partial charge is 0.230 e. The number of aromatic nitrogens is 3. The Morgan fingerprint density at radius 2 is 1.77 bits per heavy atom. The van der Waals surface area contributed by atoms with Gasteiger partial charge in [-0.3, -0.25) is 9.36 Å². The Morgan fingerprint density at radius 3 is 2.48 bits per heavy atom. The number of nitrogens with one attached hydrogen (secondary N) is 1. The first-order valence-electron chi connectivity index (χ1n) is 10.1. The van der Waals surface area contributed by atoms with Crippen LogP contribution in [-0.4, -0.2) is 26.4 Å². The minimum atomic E-state index is -0.0409. The number of carbonyl (C=O) groups excluding carboxylic acids is 1. The third-order valence-corrected chi connectivity index (χ3v) is 5.91. The van der Waals surface area contributed by atoms with E-state index in [1.807, 2.05) is 66.9 Å². The number of rotatable bonds is 8. The molecule has 7 heteroatoms. The van der Waals surface area contributed by atoms with Gasteiger partial charge in [0, 0.05) is 6.54 Å². The predicted molar refractivity (Wildman–Crippen MR) is 122 cm³/mol. The lowest BCUT2D eigenvalue weighted by molar-refractivity contribution is -0.118. The van der Waals surface area contributed by atoms with Gasteiger partial charge in [0.05, 0.1) is 24.1 Å². The first-order valence-corrected chi connectivity index (χ1v) is 11.1. The molecule has 0 atom stereocenters. The second-order valence-electron chi connectivity index (χ2n) is 7.32. The van der Waals surface area contributed by atoms with Crippen molar-refractivity contribution in [3.05, 3.63) is 89.4 Å². The maximum Gasteiger partial charge on any atom is 0.230 e. The highest BCUT2D eigenvalue weighted by molar-refractivity contribution is 7.99. The number of nitrogens with zero attached hydrogens (tertiary/aromatic N) is 3. The molecule has 0 aliphatic carbocycles. The Bertz CT molecular complexity index is 1150. The Hall–Kier alpha value is -3.32. The number of benzene rings is 2. The molecular weight excluding hydrogens is 408 g/mol. The van der Waals surface area contributed by atoms with E-state index in [4.69, 9.17) is 4.42 Å². The van der Waals surface area contributed by atoms with Gasteiger partial charge in [-0.05, 0) is 31.0 Å². The van der Waals surface area contributed by atoms with Crippen LogP contribution in [0, 0.1) is 13.8 Å². The van der Waals surface area contributed by atoms with Gasteiger partial charge in [-0.2, -0.15) is 0 Å². The second-order valence-corrected chi connectivity index (χ2v) is 8.26. The Labute approximate surface area is 185 Å². The van der Waals surface area contributed by atoms with Crippen LogP contribution in [0.4, 0.5) is 0 Å². The minimum absolute atomic E-state index is 0.0409. The molecule has 0 aliphatic heterocycles. The van der Waals surface area contributed by atoms with E-state index < -0.39 is 0 Å². The molecule has 0 radical (unpaired) electrons. The summed E-state index contributed by atoms with van der Waals surface area (Å²) < 4.78 is 7.49. The largest absolute Gasteiger partial charge is 0.469 e. The van der Waals surface area contributed by atoms with Crippen LogP contribution in [0.3, 0.4) is 0 Å². The van der Waals surface area contributed by atoms with Crippen LogP contribution >= 0.6 is 11.8 Å². The SMILES string of the molecule is Cc1ccc(CNC(=O)CSc2nnc(-c3ccoc3C)n2Cc2ccccc2)cc1. The lowest BCUT2D eigenvalue weighted by Gasteiger charge is -2.10. The molecule has 0 saturated heterocycles. The van der Waals surface area contributed by atoms with Crippen molar-refractivity contribution in [1.29, 1.82) is 0 Å². The fraction of sp³-hybridized carbons (Fsp3) is 0.208. The van der Waals surface area contributed by atoms with E-state index in [1.165, 1.54) is 17.3 Å². The second kappa shape index (κ2) is 9.66. The van der Waals surface area contributed by atoms with Crippen LogP contribution in [0.2, 0.25) is 0 Å².